The van der Waals surface area contributed by atoms with Gasteiger partial charge in [-0.25, -0.2) is 0 Å². The smallest absolute Gasteiger partial charge is 0.545 e. The quantitative estimate of drug-likeness (QED) is 0.0212. The van der Waals surface area contributed by atoms with Crippen LogP contribution in [0.4, 0.5) is 11.4 Å². The summed E-state index contributed by atoms with van der Waals surface area (Å²) in [5.74, 6) is -1.83. The van der Waals surface area contributed by atoms with E-state index in [4.69, 9.17) is 54.1 Å². The molecule has 0 amide bonds. The van der Waals surface area contributed by atoms with E-state index in [2.05, 4.69) is 0 Å². The number of nitrogen functional groups attached to an aromatic ring is 2. The Kier molecular flexibility index (Phi) is 22.3. The summed E-state index contributed by atoms with van der Waals surface area (Å²) in [6.45, 7) is 7.50. The molecular formula is C48H52N4Na2O15. The first-order valence-electron chi connectivity index (χ1n) is 21.2. The number of ketones is 2. The fourth-order valence-electron chi connectivity index (χ4n) is 7.35. The second-order valence-electron chi connectivity index (χ2n) is 14.8. The molecule has 21 heteroatoms. The average molecular weight is 971 g/mol. The Morgan fingerprint density at radius 1 is 0.493 bits per heavy atom. The summed E-state index contributed by atoms with van der Waals surface area (Å²) in [6.07, 6.45) is 3.33. The first kappa shape index (κ1) is 56.4. The zero-order valence-electron chi connectivity index (χ0n) is 39.6. The summed E-state index contributed by atoms with van der Waals surface area (Å²) < 4.78 is 54.2. The molecule has 2 aromatic carbocycles. The van der Waals surface area contributed by atoms with Gasteiger partial charge in [0.05, 0.1) is 116 Å². The van der Waals surface area contributed by atoms with Crippen LogP contribution in [-0.4, -0.2) is 126 Å². The zero-order chi connectivity index (χ0) is 48.0. The van der Waals surface area contributed by atoms with Crippen LogP contribution in [0, 0.1) is 13.8 Å². The van der Waals surface area contributed by atoms with E-state index in [1.165, 1.54) is 50.6 Å². The monoisotopic (exact) mass is 970 g/mol. The minimum absolute atomic E-state index is 0. The molecule has 19 nitrogen and oxygen atoms in total. The summed E-state index contributed by atoms with van der Waals surface area (Å²) in [6, 6.07) is 15.1. The van der Waals surface area contributed by atoms with Gasteiger partial charge in [-0.2, -0.15) is 0 Å². The summed E-state index contributed by atoms with van der Waals surface area (Å²) in [5, 5.41) is 23.0. The van der Waals surface area contributed by atoms with E-state index in [9.17, 15) is 29.4 Å². The molecule has 356 valence electrons. The van der Waals surface area contributed by atoms with Gasteiger partial charge in [-0.05, 0) is 74.5 Å². The molecule has 0 radical (unpaired) electrons. The Bertz CT molecular complexity index is 2560. The molecular weight excluding hydrogens is 919 g/mol. The maximum absolute atomic E-state index is 13.6. The molecule has 0 fully saturated rings. The molecule has 0 unspecified atom stereocenters. The van der Waals surface area contributed by atoms with Gasteiger partial charge >= 0.3 is 59.1 Å². The van der Waals surface area contributed by atoms with Crippen molar-refractivity contribution in [1.29, 1.82) is 0 Å². The number of benzene rings is 2. The number of carbonyl (C=O) groups excluding carboxylic acids is 4. The number of carbonyl (C=O) groups is 4. The van der Waals surface area contributed by atoms with Crippen molar-refractivity contribution >= 4 is 45.9 Å². The van der Waals surface area contributed by atoms with Gasteiger partial charge < -0.3 is 82.7 Å². The zero-order valence-corrected chi connectivity index (χ0v) is 43.6. The summed E-state index contributed by atoms with van der Waals surface area (Å²) in [5.41, 5.74) is 14.2. The Morgan fingerprint density at radius 3 is 1.12 bits per heavy atom. The number of hydrogen-bond donors (Lipinski definition) is 2. The predicted octanol–water partition coefficient (Wildman–Crippen LogP) is -3.27. The number of pyridine rings is 2. The van der Waals surface area contributed by atoms with Gasteiger partial charge in [0.2, 0.25) is 11.6 Å². The van der Waals surface area contributed by atoms with Gasteiger partial charge in [0, 0.05) is 44.8 Å². The number of carboxylic acids is 2. The van der Waals surface area contributed by atoms with E-state index in [1.54, 1.807) is 59.3 Å². The minimum atomic E-state index is -1.48. The van der Waals surface area contributed by atoms with E-state index in [0.29, 0.717) is 111 Å². The maximum atomic E-state index is 13.6. The third-order valence-corrected chi connectivity index (χ3v) is 10.6. The number of hydrogen-bond acceptors (Lipinski definition) is 17. The number of aromatic nitrogens is 2. The van der Waals surface area contributed by atoms with Crippen LogP contribution in [0.5, 0.6) is 23.0 Å². The molecule has 0 spiro atoms. The molecule has 0 aliphatic carbocycles. The summed E-state index contributed by atoms with van der Waals surface area (Å²) in [7, 11) is 3.02. The fraction of sp³-hybridized carbons (Fsp3) is 0.333. The van der Waals surface area contributed by atoms with Crippen LogP contribution in [0.25, 0.3) is 11.0 Å². The molecule has 69 heavy (non-hydrogen) atoms. The van der Waals surface area contributed by atoms with Crippen LogP contribution < -0.4 is 99.7 Å². The normalized spacial score (nSPS) is 11.0. The number of aromatic carboxylic acids is 2. The average Bonchev–Trinajstić information content (AvgIpc) is 3.76. The van der Waals surface area contributed by atoms with Crippen molar-refractivity contribution < 1.29 is 131 Å². The number of anilines is 2. The minimum Gasteiger partial charge on any atom is -0.545 e. The van der Waals surface area contributed by atoms with Crippen molar-refractivity contribution in [1.82, 2.24) is 8.80 Å². The third kappa shape index (κ3) is 14.0. The second-order valence-corrected chi connectivity index (χ2v) is 14.8. The molecule has 4 heterocycles. The first-order valence-corrected chi connectivity index (χ1v) is 21.2. The van der Waals surface area contributed by atoms with E-state index in [0.717, 1.165) is 0 Å². The van der Waals surface area contributed by atoms with Crippen molar-refractivity contribution in [3.8, 4) is 23.0 Å². The fourth-order valence-corrected chi connectivity index (χ4v) is 7.35. The van der Waals surface area contributed by atoms with Crippen LogP contribution in [0.15, 0.2) is 73.1 Å². The van der Waals surface area contributed by atoms with Crippen molar-refractivity contribution in [2.45, 2.75) is 13.8 Å². The Balaban J connectivity index is 0.00000518. The standard InChI is InChI=1S/C48H54N4O15.2Na/c1-29-41(43(53)31-5-9-37(49)35(25-31)47(55)56)51-27-33(7-11-39(51)45(29)59-3)66-23-21-64-19-17-62-15-13-61-14-16-63-18-20-65-22-24-67-34-8-12-40-46(60-4)30(2)42(52(40)28-34)44(54)32-6-10-38(50)36(26-32)48(57)58;;/h5-12,25-28H,13-24,49-50H2,1-4H3,(H,55,56)(H,57,58);;/q;2*+1/p-2. The van der Waals surface area contributed by atoms with Crippen molar-refractivity contribution in [2.75, 3.05) is 105 Å². The molecule has 4 N–H and O–H groups in total. The van der Waals surface area contributed by atoms with Crippen LogP contribution in [0.2, 0.25) is 0 Å². The van der Waals surface area contributed by atoms with Crippen molar-refractivity contribution in [3.05, 3.63) is 118 Å². The van der Waals surface area contributed by atoms with Gasteiger partial charge in [0.15, 0.2) is 0 Å². The topological polar surface area (TPSA) is 258 Å². The van der Waals surface area contributed by atoms with Crippen molar-refractivity contribution in [3.63, 3.8) is 0 Å². The van der Waals surface area contributed by atoms with E-state index in [-0.39, 0.29) is 117 Å². The molecule has 0 bridgehead atoms. The second kappa shape index (κ2) is 27.3. The van der Waals surface area contributed by atoms with Crippen LogP contribution in [-0.2, 0) is 23.7 Å². The summed E-state index contributed by atoms with van der Waals surface area (Å²) in [4.78, 5) is 50.3. The van der Waals surface area contributed by atoms with Crippen molar-refractivity contribution in [2.24, 2.45) is 0 Å². The van der Waals surface area contributed by atoms with Gasteiger partial charge in [0.25, 0.3) is 0 Å². The molecule has 0 aliphatic heterocycles. The number of ether oxygens (including phenoxy) is 9. The number of nitrogens with zero attached hydrogens (tertiary/aromatic N) is 2. The molecule has 0 aliphatic rings. The third-order valence-electron chi connectivity index (χ3n) is 10.6. The molecule has 6 aromatic rings. The number of rotatable bonds is 28. The Morgan fingerprint density at radius 2 is 0.812 bits per heavy atom. The Hall–Kier alpha value is -5.16. The van der Waals surface area contributed by atoms with Crippen LogP contribution in [0.1, 0.15) is 63.9 Å². The molecule has 0 saturated heterocycles. The largest absolute Gasteiger partial charge is 1.00 e. The van der Waals surface area contributed by atoms with Crippen LogP contribution >= 0.6 is 0 Å². The number of carboxylic acid groups (broad SMARTS) is 2. The Labute approximate surface area is 442 Å². The maximum Gasteiger partial charge on any atom is 1.00 e. The molecule has 0 saturated carbocycles. The SMILES string of the molecule is COc1c(C)c(C(=O)c2ccc(N)c(C(=O)[O-])c2)n2cc(OCCOCCOCCOCCOCCOCCOc3ccc4c(OC)c(C)c(C(=O)c5ccc(N)c(C(=O)[O-])c5)n4c3)ccc12.[Na+].[Na+]. The van der Waals surface area contributed by atoms with Gasteiger partial charge in [-0.15, -0.1) is 0 Å². The van der Waals surface area contributed by atoms with Gasteiger partial charge in [-0.3, -0.25) is 9.59 Å². The number of methoxy groups -OCH3 is 2. The van der Waals surface area contributed by atoms with Crippen LogP contribution in [0.3, 0.4) is 0 Å². The van der Waals surface area contributed by atoms with E-state index < -0.39 is 23.5 Å². The van der Waals surface area contributed by atoms with Gasteiger partial charge in [0.1, 0.15) is 47.6 Å². The first-order chi connectivity index (χ1) is 32.4. The molecule has 0 atom stereocenters. The number of nitrogens with two attached hydrogens (primary N) is 2. The number of fused-ring (bicyclic) bond motifs is 2. The van der Waals surface area contributed by atoms with E-state index in [1.807, 2.05) is 0 Å². The van der Waals surface area contributed by atoms with E-state index >= 15 is 0 Å². The molecule has 4 aromatic heterocycles. The van der Waals surface area contributed by atoms with Gasteiger partial charge in [-0.1, -0.05) is 0 Å². The molecule has 6 rings (SSSR count). The summed E-state index contributed by atoms with van der Waals surface area (Å²) >= 11 is 0. The predicted molar refractivity (Wildman–Crippen MR) is 240 cm³/mol.